The first-order valence-electron chi connectivity index (χ1n) is 7.45. The molecular weight excluding hydrogens is 341 g/mol. The number of hydrogen-bond acceptors (Lipinski definition) is 4. The van der Waals surface area contributed by atoms with Gasteiger partial charge in [0.05, 0.1) is 16.7 Å². The Hall–Kier alpha value is -2.18. The van der Waals surface area contributed by atoms with Crippen molar-refractivity contribution in [3.63, 3.8) is 0 Å². The van der Waals surface area contributed by atoms with Gasteiger partial charge in [0.2, 0.25) is 0 Å². The van der Waals surface area contributed by atoms with Crippen LogP contribution in [0.1, 0.15) is 5.69 Å². The Morgan fingerprint density at radius 3 is 2.67 bits per heavy atom. The Balaban J connectivity index is 1.51. The van der Waals surface area contributed by atoms with E-state index in [0.717, 1.165) is 38.2 Å². The lowest BCUT2D eigenvalue weighted by atomic mass is 10.2. The zero-order chi connectivity index (χ0) is 16.5. The number of nitrogens with zero attached hydrogens (tertiary/aromatic N) is 3. The van der Waals surface area contributed by atoms with E-state index in [1.165, 1.54) is 12.1 Å². The largest absolute Gasteiger partial charge is 0.322 e. The second-order valence-corrected chi connectivity index (χ2v) is 7.18. The molecule has 2 heterocycles. The van der Waals surface area contributed by atoms with E-state index in [0.29, 0.717) is 0 Å². The van der Waals surface area contributed by atoms with Crippen molar-refractivity contribution in [2.45, 2.75) is 10.9 Å². The first-order valence-corrected chi connectivity index (χ1v) is 9.32. The molecule has 0 N–H and O–H groups in total. The van der Waals surface area contributed by atoms with Gasteiger partial charge in [-0.2, -0.15) is 0 Å². The molecule has 0 saturated heterocycles. The van der Waals surface area contributed by atoms with Crippen LogP contribution in [0, 0.1) is 5.82 Å². The molecule has 4 aromatic rings. The van der Waals surface area contributed by atoms with Crippen LogP contribution >= 0.6 is 23.1 Å². The van der Waals surface area contributed by atoms with Gasteiger partial charge in [0.15, 0.2) is 5.16 Å². The highest BCUT2D eigenvalue weighted by Crippen LogP contribution is 2.29. The summed E-state index contributed by atoms with van der Waals surface area (Å²) in [5.41, 5.74) is 4.09. The van der Waals surface area contributed by atoms with Crippen molar-refractivity contribution in [2.75, 3.05) is 0 Å². The minimum atomic E-state index is -0.229. The van der Waals surface area contributed by atoms with Crippen molar-refractivity contribution < 1.29 is 4.39 Å². The highest BCUT2D eigenvalue weighted by Gasteiger charge is 2.10. The van der Waals surface area contributed by atoms with Gasteiger partial charge in [0.25, 0.3) is 0 Å². The molecule has 2 aromatic carbocycles. The van der Waals surface area contributed by atoms with Crippen molar-refractivity contribution in [2.24, 2.45) is 7.05 Å². The number of aryl methyl sites for hydroxylation is 1. The molecule has 0 spiro atoms. The molecule has 0 saturated carbocycles. The van der Waals surface area contributed by atoms with Gasteiger partial charge in [-0.3, -0.25) is 0 Å². The monoisotopic (exact) mass is 355 g/mol. The van der Waals surface area contributed by atoms with Gasteiger partial charge in [0, 0.05) is 23.7 Å². The molecule has 0 atom stereocenters. The molecule has 0 amide bonds. The van der Waals surface area contributed by atoms with Crippen molar-refractivity contribution in [3.05, 3.63) is 65.4 Å². The number of halogens is 1. The quantitative estimate of drug-likeness (QED) is 0.476. The van der Waals surface area contributed by atoms with Gasteiger partial charge in [-0.25, -0.2) is 14.4 Å². The summed E-state index contributed by atoms with van der Waals surface area (Å²) in [7, 11) is 2.03. The molecule has 0 aliphatic heterocycles. The number of hydrogen-bond donors (Lipinski definition) is 0. The smallest absolute Gasteiger partial charge is 0.169 e. The lowest BCUT2D eigenvalue weighted by Gasteiger charge is -2.00. The maximum Gasteiger partial charge on any atom is 0.169 e. The van der Waals surface area contributed by atoms with Crippen LogP contribution in [-0.2, 0) is 12.8 Å². The van der Waals surface area contributed by atoms with Crippen LogP contribution in [0.4, 0.5) is 4.39 Å². The average molecular weight is 355 g/mol. The summed E-state index contributed by atoms with van der Waals surface area (Å²) in [6, 6.07) is 14.6. The normalized spacial score (nSPS) is 11.2. The van der Waals surface area contributed by atoms with Crippen molar-refractivity contribution in [1.29, 1.82) is 0 Å². The molecule has 120 valence electrons. The number of thiazole rings is 1. The number of para-hydroxylation sites is 2. The Kier molecular flexibility index (Phi) is 4.08. The second-order valence-electron chi connectivity index (χ2n) is 5.38. The molecular formula is C18H14FN3S2. The van der Waals surface area contributed by atoms with E-state index >= 15 is 0 Å². The molecule has 2 aromatic heterocycles. The summed E-state index contributed by atoms with van der Waals surface area (Å²) >= 11 is 3.25. The predicted octanol–water partition coefficient (Wildman–Crippen LogP) is 5.13. The van der Waals surface area contributed by atoms with Crippen LogP contribution < -0.4 is 0 Å². The third kappa shape index (κ3) is 2.95. The lowest BCUT2D eigenvalue weighted by molar-refractivity contribution is 0.628. The highest BCUT2D eigenvalue weighted by atomic mass is 32.2. The lowest BCUT2D eigenvalue weighted by Crippen LogP contribution is -1.91. The standard InChI is InChI=1S/C18H14FN3S2/c1-22-16-5-3-2-4-15(16)21-18(22)24-11-14-10-23-17(20-14)12-6-8-13(19)9-7-12/h2-10H,11H2,1H3. The molecule has 0 fully saturated rings. The fourth-order valence-electron chi connectivity index (χ4n) is 2.49. The molecule has 3 nitrogen and oxygen atoms in total. The van der Waals surface area contributed by atoms with Crippen LogP contribution in [0.3, 0.4) is 0 Å². The number of benzene rings is 2. The number of rotatable bonds is 4. The molecule has 24 heavy (non-hydrogen) atoms. The Labute approximate surface area is 147 Å². The summed E-state index contributed by atoms with van der Waals surface area (Å²) in [5, 5.41) is 3.94. The number of thioether (sulfide) groups is 1. The van der Waals surface area contributed by atoms with E-state index in [9.17, 15) is 4.39 Å². The molecule has 4 rings (SSSR count). The van der Waals surface area contributed by atoms with Gasteiger partial charge < -0.3 is 4.57 Å². The third-order valence-electron chi connectivity index (χ3n) is 3.74. The molecule has 0 bridgehead atoms. The second kappa shape index (κ2) is 6.37. The van der Waals surface area contributed by atoms with Crippen LogP contribution in [0.5, 0.6) is 0 Å². The van der Waals surface area contributed by atoms with Gasteiger partial charge in [-0.1, -0.05) is 23.9 Å². The maximum atomic E-state index is 13.0. The molecule has 0 aliphatic carbocycles. The maximum absolute atomic E-state index is 13.0. The van der Waals surface area contributed by atoms with Gasteiger partial charge >= 0.3 is 0 Å². The molecule has 0 unspecified atom stereocenters. The SMILES string of the molecule is Cn1c(SCc2csc(-c3ccc(F)cc3)n2)nc2ccccc21. The first-order chi connectivity index (χ1) is 11.7. The topological polar surface area (TPSA) is 30.7 Å². The van der Waals surface area contributed by atoms with E-state index in [1.54, 1.807) is 35.2 Å². The van der Waals surface area contributed by atoms with Gasteiger partial charge in [-0.05, 0) is 36.4 Å². The van der Waals surface area contributed by atoms with Crippen LogP contribution in [0.25, 0.3) is 21.6 Å². The molecule has 6 heteroatoms. The van der Waals surface area contributed by atoms with E-state index < -0.39 is 0 Å². The summed E-state index contributed by atoms with van der Waals surface area (Å²) < 4.78 is 15.1. The van der Waals surface area contributed by atoms with Gasteiger partial charge in [0.1, 0.15) is 10.8 Å². The minimum Gasteiger partial charge on any atom is -0.322 e. The Morgan fingerprint density at radius 1 is 1.08 bits per heavy atom. The molecule has 0 aliphatic rings. The number of fused-ring (bicyclic) bond motifs is 1. The van der Waals surface area contributed by atoms with Crippen molar-refractivity contribution >= 4 is 34.1 Å². The first kappa shape index (κ1) is 15.4. The Morgan fingerprint density at radius 2 is 1.88 bits per heavy atom. The summed E-state index contributed by atoms with van der Waals surface area (Å²) in [6.45, 7) is 0. The average Bonchev–Trinajstić information content (AvgIpc) is 3.19. The van der Waals surface area contributed by atoms with E-state index in [-0.39, 0.29) is 5.82 Å². The number of aromatic nitrogens is 3. The molecule has 0 radical (unpaired) electrons. The number of imidazole rings is 1. The van der Waals surface area contributed by atoms with Crippen molar-refractivity contribution in [3.8, 4) is 10.6 Å². The van der Waals surface area contributed by atoms with Crippen LogP contribution in [-0.4, -0.2) is 14.5 Å². The summed E-state index contributed by atoms with van der Waals surface area (Å²) in [6.07, 6.45) is 0. The minimum absolute atomic E-state index is 0.229. The van der Waals surface area contributed by atoms with E-state index in [4.69, 9.17) is 0 Å². The predicted molar refractivity (Wildman–Crippen MR) is 97.8 cm³/mol. The summed E-state index contributed by atoms with van der Waals surface area (Å²) in [5.74, 6) is 0.530. The Bertz CT molecular complexity index is 989. The van der Waals surface area contributed by atoms with E-state index in [1.807, 2.05) is 30.6 Å². The van der Waals surface area contributed by atoms with Gasteiger partial charge in [-0.15, -0.1) is 11.3 Å². The fraction of sp³-hybridized carbons (Fsp3) is 0.111. The van der Waals surface area contributed by atoms with Crippen LogP contribution in [0.2, 0.25) is 0 Å². The highest BCUT2D eigenvalue weighted by molar-refractivity contribution is 7.98. The van der Waals surface area contributed by atoms with E-state index in [2.05, 4.69) is 20.6 Å². The third-order valence-corrected chi connectivity index (χ3v) is 5.74. The van der Waals surface area contributed by atoms with Crippen LogP contribution in [0.15, 0.2) is 59.1 Å². The fourth-order valence-corrected chi connectivity index (χ4v) is 4.30. The zero-order valence-corrected chi connectivity index (χ0v) is 14.6. The van der Waals surface area contributed by atoms with Crippen molar-refractivity contribution in [1.82, 2.24) is 14.5 Å². The zero-order valence-electron chi connectivity index (χ0n) is 12.9. The summed E-state index contributed by atoms with van der Waals surface area (Å²) in [4.78, 5) is 9.31.